The van der Waals surface area contributed by atoms with Gasteiger partial charge in [-0.05, 0) is 37.9 Å². The fourth-order valence-electron chi connectivity index (χ4n) is 1.91. The second-order valence-electron chi connectivity index (χ2n) is 3.82. The minimum atomic E-state index is -0.304. The summed E-state index contributed by atoms with van der Waals surface area (Å²) in [7, 11) is 0. The third-order valence-electron chi connectivity index (χ3n) is 2.67. The van der Waals surface area contributed by atoms with Gasteiger partial charge in [0.15, 0.2) is 0 Å². The lowest BCUT2D eigenvalue weighted by molar-refractivity contribution is -0.116. The summed E-state index contributed by atoms with van der Waals surface area (Å²) in [5, 5.41) is 2.72. The molecule has 94 valence electrons. The van der Waals surface area contributed by atoms with Gasteiger partial charge in [0.1, 0.15) is 5.69 Å². The summed E-state index contributed by atoms with van der Waals surface area (Å²) in [6, 6.07) is 1.49. The highest BCUT2D eigenvalue weighted by atomic mass is 79.9. The Morgan fingerprint density at radius 1 is 1.67 bits per heavy atom. The van der Waals surface area contributed by atoms with Crippen molar-refractivity contribution in [1.29, 1.82) is 0 Å². The van der Waals surface area contributed by atoms with E-state index < -0.39 is 0 Å². The van der Waals surface area contributed by atoms with Crippen LogP contribution in [0.5, 0.6) is 0 Å². The molecule has 0 saturated carbocycles. The number of nitrogens with zero attached hydrogens (tertiary/aromatic N) is 3. The topological polar surface area (TPSA) is 87.5 Å². The molecule has 1 N–H and O–H groups in total. The molecule has 6 nitrogen and oxygen atoms in total. The molecule has 8 heteroatoms. The zero-order valence-corrected chi connectivity index (χ0v) is 12.2. The molecule has 0 spiro atoms. The van der Waals surface area contributed by atoms with Crippen molar-refractivity contribution in [3.63, 3.8) is 0 Å². The zero-order valence-electron chi connectivity index (χ0n) is 9.06. The van der Waals surface area contributed by atoms with E-state index in [4.69, 9.17) is 5.53 Å². The SMILES string of the molecule is [N-]=[N+]=CC(=O)CC1CNC(=O)c2cc(Br)c(Br)n21. The first-order valence-corrected chi connectivity index (χ1v) is 6.68. The van der Waals surface area contributed by atoms with Crippen LogP contribution >= 0.6 is 31.9 Å². The fraction of sp³-hybridized carbons (Fsp3) is 0.300. The predicted molar refractivity (Wildman–Crippen MR) is 70.5 cm³/mol. The van der Waals surface area contributed by atoms with Crippen LogP contribution in [-0.2, 0) is 4.79 Å². The van der Waals surface area contributed by atoms with E-state index in [1.54, 1.807) is 10.6 Å². The van der Waals surface area contributed by atoms with E-state index in [9.17, 15) is 9.59 Å². The van der Waals surface area contributed by atoms with Crippen LogP contribution in [0.25, 0.3) is 5.53 Å². The Morgan fingerprint density at radius 2 is 2.39 bits per heavy atom. The lowest BCUT2D eigenvalue weighted by Gasteiger charge is -2.26. The van der Waals surface area contributed by atoms with Gasteiger partial charge in [-0.25, -0.2) is 0 Å². The van der Waals surface area contributed by atoms with Crippen LogP contribution in [0.1, 0.15) is 23.0 Å². The summed E-state index contributed by atoms with van der Waals surface area (Å²) in [4.78, 5) is 25.8. The number of Topliss-reactive ketones (excluding diaryl/α,β-unsaturated/α-hetero) is 1. The van der Waals surface area contributed by atoms with Crippen LogP contribution in [0, 0.1) is 0 Å². The maximum absolute atomic E-state index is 11.7. The van der Waals surface area contributed by atoms with Gasteiger partial charge in [-0.15, -0.1) is 0 Å². The first-order valence-electron chi connectivity index (χ1n) is 5.09. The number of fused-ring (bicyclic) bond motifs is 1. The summed E-state index contributed by atoms with van der Waals surface area (Å²) in [6.45, 7) is 0.358. The largest absolute Gasteiger partial charge is 0.361 e. The molecule has 2 rings (SSSR count). The highest BCUT2D eigenvalue weighted by Gasteiger charge is 2.30. The molecular formula is C10H8Br2N4O2. The molecule has 18 heavy (non-hydrogen) atoms. The standard InChI is InChI=1S/C10H8Br2N4O2/c11-7-2-8-10(18)14-3-5(16(8)9(7)12)1-6(17)4-15-13/h2,4-5H,1,3H2,(H,14,18). The lowest BCUT2D eigenvalue weighted by Crippen LogP contribution is -2.39. The Kier molecular flexibility index (Phi) is 3.79. The number of carbonyl (C=O) groups excluding carboxylic acids is 2. The number of hydrogen-bond acceptors (Lipinski definition) is 2. The van der Waals surface area contributed by atoms with Crippen molar-refractivity contribution in [2.24, 2.45) is 0 Å². The molecule has 0 bridgehead atoms. The maximum atomic E-state index is 11.7. The zero-order chi connectivity index (χ0) is 13.3. The number of carbonyl (C=O) groups is 2. The van der Waals surface area contributed by atoms with Crippen molar-refractivity contribution < 1.29 is 14.4 Å². The molecule has 0 saturated heterocycles. The third kappa shape index (κ3) is 2.31. The number of nitrogens with one attached hydrogen (secondary N) is 1. The van der Waals surface area contributed by atoms with Crippen molar-refractivity contribution in [3.05, 3.63) is 26.4 Å². The van der Waals surface area contributed by atoms with Crippen LogP contribution < -0.4 is 5.32 Å². The highest BCUT2D eigenvalue weighted by Crippen LogP contribution is 2.33. The molecule has 1 aromatic rings. The average Bonchev–Trinajstić information content (AvgIpc) is 2.61. The van der Waals surface area contributed by atoms with Gasteiger partial charge in [-0.3, -0.25) is 9.59 Å². The van der Waals surface area contributed by atoms with E-state index in [0.717, 1.165) is 10.7 Å². The van der Waals surface area contributed by atoms with Gasteiger partial charge in [0.2, 0.25) is 5.78 Å². The highest BCUT2D eigenvalue weighted by molar-refractivity contribution is 9.13. The molecule has 1 aromatic heterocycles. The Labute approximate surface area is 119 Å². The van der Waals surface area contributed by atoms with Crippen molar-refractivity contribution in [2.75, 3.05) is 6.54 Å². The van der Waals surface area contributed by atoms with Crippen molar-refractivity contribution in [2.45, 2.75) is 12.5 Å². The Hall–Kier alpha value is -1.24. The van der Waals surface area contributed by atoms with Gasteiger partial charge >= 0.3 is 6.21 Å². The van der Waals surface area contributed by atoms with Crippen LogP contribution in [0.4, 0.5) is 0 Å². The first-order chi connectivity index (χ1) is 8.54. The van der Waals surface area contributed by atoms with E-state index >= 15 is 0 Å². The molecule has 0 aromatic carbocycles. The number of ketones is 1. The summed E-state index contributed by atoms with van der Waals surface area (Å²) >= 11 is 6.70. The normalized spacial score (nSPS) is 17.7. The molecule has 1 atom stereocenters. The minimum absolute atomic E-state index is 0.150. The summed E-state index contributed by atoms with van der Waals surface area (Å²) in [5.41, 5.74) is 8.80. The number of aromatic nitrogens is 1. The number of rotatable bonds is 3. The Morgan fingerprint density at radius 3 is 3.06 bits per heavy atom. The minimum Gasteiger partial charge on any atom is -0.361 e. The number of amides is 1. The molecule has 0 radical (unpaired) electrons. The predicted octanol–water partition coefficient (Wildman–Crippen LogP) is 1.56. The Balaban J connectivity index is 2.36. The Bertz CT molecular complexity index is 575. The van der Waals surface area contributed by atoms with Crippen LogP contribution in [0.15, 0.2) is 15.1 Å². The van der Waals surface area contributed by atoms with Gasteiger partial charge in [-0.1, -0.05) is 0 Å². The third-order valence-corrected chi connectivity index (χ3v) is 4.61. The van der Waals surface area contributed by atoms with Gasteiger partial charge in [0.05, 0.1) is 15.1 Å². The molecular weight excluding hydrogens is 368 g/mol. The van der Waals surface area contributed by atoms with Crippen LogP contribution in [-0.4, -0.2) is 33.8 Å². The van der Waals surface area contributed by atoms with Gasteiger partial charge in [-0.2, -0.15) is 4.79 Å². The molecule has 1 aliphatic rings. The molecule has 0 aliphatic carbocycles. The summed E-state index contributed by atoms with van der Waals surface area (Å²) < 4.78 is 3.22. The molecule has 2 heterocycles. The van der Waals surface area contributed by atoms with Gasteiger partial charge in [0.25, 0.3) is 5.91 Å². The molecule has 1 amide bonds. The van der Waals surface area contributed by atoms with Crippen molar-refractivity contribution in [1.82, 2.24) is 9.88 Å². The second-order valence-corrected chi connectivity index (χ2v) is 5.42. The molecule has 1 aliphatic heterocycles. The van der Waals surface area contributed by atoms with Crippen LogP contribution in [0.3, 0.4) is 0 Å². The van der Waals surface area contributed by atoms with Crippen LogP contribution in [0.2, 0.25) is 0 Å². The van der Waals surface area contributed by atoms with E-state index in [1.165, 1.54) is 0 Å². The van der Waals surface area contributed by atoms with Crippen molar-refractivity contribution in [3.8, 4) is 0 Å². The number of halogens is 2. The lowest BCUT2D eigenvalue weighted by atomic mass is 10.1. The smallest absolute Gasteiger partial charge is 0.323 e. The van der Waals surface area contributed by atoms with E-state index in [1.807, 2.05) is 0 Å². The summed E-state index contributed by atoms with van der Waals surface area (Å²) in [6.07, 6.45) is 1.01. The molecule has 1 unspecified atom stereocenters. The monoisotopic (exact) mass is 374 g/mol. The van der Waals surface area contributed by atoms with E-state index in [0.29, 0.717) is 16.8 Å². The summed E-state index contributed by atoms with van der Waals surface area (Å²) in [5.74, 6) is -0.484. The second kappa shape index (κ2) is 5.17. The number of hydrogen-bond donors (Lipinski definition) is 1. The fourth-order valence-corrected chi connectivity index (χ4v) is 2.91. The van der Waals surface area contributed by atoms with Gasteiger partial charge < -0.3 is 15.4 Å². The van der Waals surface area contributed by atoms with E-state index in [2.05, 4.69) is 42.0 Å². The van der Waals surface area contributed by atoms with Crippen molar-refractivity contribution >= 4 is 49.8 Å². The first kappa shape index (κ1) is 13.2. The molecule has 0 fully saturated rings. The maximum Gasteiger partial charge on any atom is 0.323 e. The van der Waals surface area contributed by atoms with E-state index in [-0.39, 0.29) is 24.2 Å². The average molecular weight is 376 g/mol. The van der Waals surface area contributed by atoms with Gasteiger partial charge in [0, 0.05) is 13.0 Å². The quantitative estimate of drug-likeness (QED) is 0.493.